The van der Waals surface area contributed by atoms with Crippen LogP contribution in [-0.2, 0) is 20.3 Å². The number of rotatable bonds is 7. The number of ether oxygens (including phenoxy) is 1. The van der Waals surface area contributed by atoms with E-state index in [1.807, 2.05) is 0 Å². The summed E-state index contributed by atoms with van der Waals surface area (Å²) in [6, 6.07) is 6.85. The van der Waals surface area contributed by atoms with Crippen molar-refractivity contribution in [3.05, 3.63) is 34.9 Å². The van der Waals surface area contributed by atoms with Crippen LogP contribution in [0.2, 0.25) is 5.02 Å². The Morgan fingerprint density at radius 3 is 2.59 bits per heavy atom. The van der Waals surface area contributed by atoms with E-state index in [0.29, 0.717) is 10.6 Å². The summed E-state index contributed by atoms with van der Waals surface area (Å²) >= 11 is 5.89. The van der Waals surface area contributed by atoms with Crippen molar-refractivity contribution in [1.29, 1.82) is 0 Å². The van der Waals surface area contributed by atoms with E-state index in [9.17, 15) is 8.42 Å². The van der Waals surface area contributed by atoms with Gasteiger partial charge in [0.2, 0.25) is 0 Å². The molecule has 17 heavy (non-hydrogen) atoms. The smallest absolute Gasteiger partial charge is 0.156 e. The van der Waals surface area contributed by atoms with Gasteiger partial charge in [-0.3, -0.25) is 0 Å². The molecule has 0 saturated heterocycles. The van der Waals surface area contributed by atoms with E-state index in [1.165, 1.54) is 0 Å². The van der Waals surface area contributed by atoms with E-state index in [-0.39, 0.29) is 31.3 Å². The molecule has 0 saturated carbocycles. The molecule has 0 amide bonds. The minimum Gasteiger partial charge on any atom is -0.394 e. The van der Waals surface area contributed by atoms with Gasteiger partial charge in [0, 0.05) is 5.02 Å². The molecule has 0 aliphatic carbocycles. The number of halogens is 1. The Labute approximate surface area is 106 Å². The minimum absolute atomic E-state index is 0.0712. The summed E-state index contributed by atoms with van der Waals surface area (Å²) in [6.07, 6.45) is 0. The zero-order chi connectivity index (χ0) is 12.7. The maximum Gasteiger partial charge on any atom is 0.156 e. The van der Waals surface area contributed by atoms with Crippen molar-refractivity contribution in [2.24, 2.45) is 0 Å². The van der Waals surface area contributed by atoms with Crippen LogP contribution in [0.4, 0.5) is 0 Å². The summed E-state index contributed by atoms with van der Waals surface area (Å²) in [5, 5.41) is 8.93. The Bertz CT molecular complexity index is 445. The van der Waals surface area contributed by atoms with Crippen LogP contribution in [0, 0.1) is 0 Å². The number of sulfone groups is 1. The van der Waals surface area contributed by atoms with Crippen molar-refractivity contribution in [3.8, 4) is 0 Å². The highest BCUT2D eigenvalue weighted by Crippen LogP contribution is 2.17. The maximum absolute atomic E-state index is 11.7. The van der Waals surface area contributed by atoms with Gasteiger partial charge >= 0.3 is 0 Å². The first kappa shape index (κ1) is 14.4. The predicted octanol–water partition coefficient (Wildman–Crippen LogP) is 1.26. The van der Waals surface area contributed by atoms with E-state index in [1.54, 1.807) is 24.3 Å². The lowest BCUT2D eigenvalue weighted by molar-refractivity contribution is 0.103. The highest BCUT2D eigenvalue weighted by molar-refractivity contribution is 7.90. The first-order valence-corrected chi connectivity index (χ1v) is 7.37. The molecule has 0 heterocycles. The lowest BCUT2D eigenvalue weighted by Crippen LogP contribution is -2.15. The van der Waals surface area contributed by atoms with Crippen LogP contribution < -0.4 is 0 Å². The third-order valence-electron chi connectivity index (χ3n) is 2.11. The molecule has 0 aromatic heterocycles. The molecule has 0 fully saturated rings. The van der Waals surface area contributed by atoms with Crippen LogP contribution in [0.1, 0.15) is 5.56 Å². The largest absolute Gasteiger partial charge is 0.394 e. The number of hydrogen-bond donors (Lipinski definition) is 1. The normalized spacial score (nSPS) is 11.6. The van der Waals surface area contributed by atoms with Gasteiger partial charge in [0.15, 0.2) is 9.84 Å². The molecular formula is C11H15ClO4S. The fourth-order valence-corrected chi connectivity index (χ4v) is 2.80. The quantitative estimate of drug-likeness (QED) is 0.763. The highest BCUT2D eigenvalue weighted by atomic mass is 35.5. The number of aliphatic hydroxyl groups is 1. The van der Waals surface area contributed by atoms with Crippen LogP contribution in [0.15, 0.2) is 24.3 Å². The van der Waals surface area contributed by atoms with Crippen molar-refractivity contribution in [2.45, 2.75) is 5.75 Å². The van der Waals surface area contributed by atoms with E-state index in [2.05, 4.69) is 0 Å². The predicted molar refractivity (Wildman–Crippen MR) is 66.8 cm³/mol. The van der Waals surface area contributed by atoms with Crippen molar-refractivity contribution < 1.29 is 18.3 Å². The molecule has 1 aromatic carbocycles. The Hall–Kier alpha value is -0.620. The number of aliphatic hydroxyl groups excluding tert-OH is 1. The number of hydrogen-bond acceptors (Lipinski definition) is 4. The summed E-state index contributed by atoms with van der Waals surface area (Å²) in [5.41, 5.74) is 0.594. The van der Waals surface area contributed by atoms with E-state index in [0.717, 1.165) is 0 Å². The summed E-state index contributed by atoms with van der Waals surface area (Å²) < 4.78 is 28.4. The second-order valence-corrected chi connectivity index (χ2v) is 6.11. The van der Waals surface area contributed by atoms with E-state index >= 15 is 0 Å². The average molecular weight is 279 g/mol. The monoisotopic (exact) mass is 278 g/mol. The van der Waals surface area contributed by atoms with Crippen molar-refractivity contribution in [2.75, 3.05) is 25.6 Å². The molecule has 0 unspecified atom stereocenters. The fourth-order valence-electron chi connectivity index (χ4n) is 1.28. The standard InChI is InChI=1S/C11H15ClO4S/c12-11-4-2-1-3-10(11)9-17(14,15)8-7-16-6-5-13/h1-4,13H,5-9H2. The van der Waals surface area contributed by atoms with Gasteiger partial charge in [-0.2, -0.15) is 0 Å². The molecule has 6 heteroatoms. The van der Waals surface area contributed by atoms with Gasteiger partial charge < -0.3 is 9.84 Å². The summed E-state index contributed by atoms with van der Waals surface area (Å²) in [5.74, 6) is -0.159. The van der Waals surface area contributed by atoms with Crippen molar-refractivity contribution in [1.82, 2.24) is 0 Å². The third-order valence-corrected chi connectivity index (χ3v) is 4.02. The molecule has 4 nitrogen and oxygen atoms in total. The first-order chi connectivity index (χ1) is 8.05. The first-order valence-electron chi connectivity index (χ1n) is 5.17. The maximum atomic E-state index is 11.7. The molecule has 1 rings (SSSR count). The van der Waals surface area contributed by atoms with Crippen LogP contribution in [0.25, 0.3) is 0 Å². The molecule has 1 aromatic rings. The SMILES string of the molecule is O=S(=O)(CCOCCO)Cc1ccccc1Cl. The molecular weight excluding hydrogens is 264 g/mol. The lowest BCUT2D eigenvalue weighted by Gasteiger charge is -2.06. The lowest BCUT2D eigenvalue weighted by atomic mass is 10.2. The van der Waals surface area contributed by atoms with Crippen LogP contribution in [0.5, 0.6) is 0 Å². The average Bonchev–Trinajstić information content (AvgIpc) is 2.28. The van der Waals surface area contributed by atoms with Gasteiger partial charge in [-0.1, -0.05) is 29.8 Å². The summed E-state index contributed by atoms with van der Waals surface area (Å²) in [7, 11) is -3.23. The third kappa shape index (κ3) is 5.50. The Balaban J connectivity index is 2.52. The van der Waals surface area contributed by atoms with Crippen LogP contribution in [-0.4, -0.2) is 39.1 Å². The molecule has 0 aliphatic heterocycles. The van der Waals surface area contributed by atoms with Gasteiger partial charge in [0.05, 0.1) is 31.3 Å². The zero-order valence-electron chi connectivity index (χ0n) is 9.30. The molecule has 1 N–H and O–H groups in total. The Kier molecular flexibility index (Phi) is 5.91. The van der Waals surface area contributed by atoms with E-state index < -0.39 is 9.84 Å². The van der Waals surface area contributed by atoms with Gasteiger partial charge in [-0.05, 0) is 11.6 Å². The molecule has 0 aliphatic rings. The molecule has 0 spiro atoms. The summed E-state index contributed by atoms with van der Waals surface area (Å²) in [6.45, 7) is 0.138. The molecule has 0 bridgehead atoms. The Morgan fingerprint density at radius 1 is 1.24 bits per heavy atom. The van der Waals surface area contributed by atoms with Crippen LogP contribution >= 0.6 is 11.6 Å². The highest BCUT2D eigenvalue weighted by Gasteiger charge is 2.13. The van der Waals surface area contributed by atoms with Crippen LogP contribution in [0.3, 0.4) is 0 Å². The van der Waals surface area contributed by atoms with Gasteiger partial charge in [0.1, 0.15) is 0 Å². The van der Waals surface area contributed by atoms with Gasteiger partial charge in [-0.25, -0.2) is 8.42 Å². The summed E-state index contributed by atoms with van der Waals surface area (Å²) in [4.78, 5) is 0. The van der Waals surface area contributed by atoms with E-state index in [4.69, 9.17) is 21.4 Å². The fraction of sp³-hybridized carbons (Fsp3) is 0.455. The zero-order valence-corrected chi connectivity index (χ0v) is 10.9. The second kappa shape index (κ2) is 6.96. The molecule has 0 radical (unpaired) electrons. The minimum atomic E-state index is -3.23. The van der Waals surface area contributed by atoms with Crippen molar-refractivity contribution in [3.63, 3.8) is 0 Å². The molecule has 0 atom stereocenters. The topological polar surface area (TPSA) is 63.6 Å². The second-order valence-electron chi connectivity index (χ2n) is 3.52. The van der Waals surface area contributed by atoms with Gasteiger partial charge in [-0.15, -0.1) is 0 Å². The molecule has 96 valence electrons. The van der Waals surface area contributed by atoms with Gasteiger partial charge in [0.25, 0.3) is 0 Å². The van der Waals surface area contributed by atoms with Crippen molar-refractivity contribution >= 4 is 21.4 Å². The number of benzene rings is 1. The Morgan fingerprint density at radius 2 is 1.94 bits per heavy atom.